The second-order valence-corrected chi connectivity index (χ2v) is 3.56. The molecule has 0 aromatic rings. The average Bonchev–Trinajstić information content (AvgIpc) is 2.63. The second-order valence-electron chi connectivity index (χ2n) is 3.56. The van der Waals surface area contributed by atoms with Gasteiger partial charge in [-0.2, -0.15) is 0 Å². The van der Waals surface area contributed by atoms with Crippen LogP contribution in [0.1, 0.15) is 38.5 Å². The molecule has 0 radical (unpaired) electrons. The molecule has 1 aliphatic rings. The van der Waals surface area contributed by atoms with E-state index in [2.05, 4.69) is 6.58 Å². The van der Waals surface area contributed by atoms with Crippen molar-refractivity contribution in [3.05, 3.63) is 12.7 Å². The first-order chi connectivity index (χ1) is 6.43. The lowest BCUT2D eigenvalue weighted by Gasteiger charge is -2.05. The van der Waals surface area contributed by atoms with E-state index in [0.29, 0.717) is 12.9 Å². The highest BCUT2D eigenvalue weighted by Crippen LogP contribution is 2.13. The van der Waals surface area contributed by atoms with Crippen molar-refractivity contribution >= 4 is 0 Å². The van der Waals surface area contributed by atoms with E-state index in [-0.39, 0.29) is 0 Å². The summed E-state index contributed by atoms with van der Waals surface area (Å²) in [5, 5.41) is 0. The van der Waals surface area contributed by atoms with E-state index in [1.807, 2.05) is 6.08 Å². The monoisotopic (exact) mass is 184 g/mol. The second kappa shape index (κ2) is 7.10. The normalized spacial score (nSPS) is 22.0. The van der Waals surface area contributed by atoms with Gasteiger partial charge in [-0.3, -0.25) is 0 Å². The molecule has 1 unspecified atom stereocenters. The van der Waals surface area contributed by atoms with Crippen molar-refractivity contribution in [3.8, 4) is 0 Å². The molecule has 1 rings (SSSR count). The molecule has 1 fully saturated rings. The van der Waals surface area contributed by atoms with Gasteiger partial charge in [-0.05, 0) is 19.3 Å². The van der Waals surface area contributed by atoms with Crippen LogP contribution in [0.25, 0.3) is 0 Å². The molecule has 0 aromatic heterocycles. The number of allylic oxidation sites excluding steroid dienone is 1. The Labute approximate surface area is 80.9 Å². The van der Waals surface area contributed by atoms with E-state index in [1.165, 1.54) is 25.7 Å². The third-order valence-corrected chi connectivity index (χ3v) is 2.38. The Bertz CT molecular complexity index is 128. The molecule has 1 atom stereocenters. The molecule has 1 aliphatic heterocycles. The molecule has 0 aliphatic carbocycles. The van der Waals surface area contributed by atoms with E-state index < -0.39 is 0 Å². The number of ether oxygens (including phenoxy) is 2. The minimum absolute atomic E-state index is 0.374. The number of unbranched alkanes of at least 4 members (excludes halogenated alkanes) is 4. The molecule has 0 amide bonds. The van der Waals surface area contributed by atoms with Crippen LogP contribution in [0.5, 0.6) is 0 Å². The number of hydrogen-bond acceptors (Lipinski definition) is 2. The third kappa shape index (κ3) is 5.06. The van der Waals surface area contributed by atoms with Crippen LogP contribution < -0.4 is 0 Å². The zero-order valence-electron chi connectivity index (χ0n) is 8.34. The van der Waals surface area contributed by atoms with Gasteiger partial charge in [0, 0.05) is 0 Å². The van der Waals surface area contributed by atoms with Crippen LogP contribution in [-0.4, -0.2) is 19.5 Å². The van der Waals surface area contributed by atoms with Crippen LogP contribution in [0.4, 0.5) is 0 Å². The maximum atomic E-state index is 5.34. The van der Waals surface area contributed by atoms with Gasteiger partial charge in [0.2, 0.25) is 0 Å². The van der Waals surface area contributed by atoms with E-state index in [0.717, 1.165) is 19.4 Å². The standard InChI is InChI=1S/C11H20O2/c1-2-3-4-5-6-7-8-11-9-12-10-13-11/h2,11H,1,3-10H2. The zero-order chi connectivity index (χ0) is 9.36. The topological polar surface area (TPSA) is 18.5 Å². The Morgan fingerprint density at radius 1 is 1.23 bits per heavy atom. The zero-order valence-corrected chi connectivity index (χ0v) is 8.34. The van der Waals surface area contributed by atoms with Crippen molar-refractivity contribution < 1.29 is 9.47 Å². The lowest BCUT2D eigenvalue weighted by atomic mass is 10.1. The van der Waals surface area contributed by atoms with Gasteiger partial charge < -0.3 is 9.47 Å². The highest BCUT2D eigenvalue weighted by molar-refractivity contribution is 4.66. The summed E-state index contributed by atoms with van der Waals surface area (Å²) in [4.78, 5) is 0. The summed E-state index contributed by atoms with van der Waals surface area (Å²) in [6.07, 6.45) is 9.87. The summed E-state index contributed by atoms with van der Waals surface area (Å²) >= 11 is 0. The van der Waals surface area contributed by atoms with E-state index in [4.69, 9.17) is 9.47 Å². The highest BCUT2D eigenvalue weighted by Gasteiger charge is 2.14. The van der Waals surface area contributed by atoms with Crippen molar-refractivity contribution in [1.29, 1.82) is 0 Å². The fourth-order valence-electron chi connectivity index (χ4n) is 1.55. The van der Waals surface area contributed by atoms with Gasteiger partial charge in [-0.25, -0.2) is 0 Å². The van der Waals surface area contributed by atoms with E-state index in [1.54, 1.807) is 0 Å². The molecule has 0 bridgehead atoms. The molecule has 0 N–H and O–H groups in total. The van der Waals surface area contributed by atoms with Crippen molar-refractivity contribution in [1.82, 2.24) is 0 Å². The molecule has 0 spiro atoms. The summed E-state index contributed by atoms with van der Waals surface area (Å²) in [5.74, 6) is 0. The van der Waals surface area contributed by atoms with Gasteiger partial charge in [0.05, 0.1) is 12.7 Å². The molecular weight excluding hydrogens is 164 g/mol. The van der Waals surface area contributed by atoms with Gasteiger partial charge in [-0.15, -0.1) is 6.58 Å². The smallest absolute Gasteiger partial charge is 0.147 e. The lowest BCUT2D eigenvalue weighted by Crippen LogP contribution is -2.08. The third-order valence-electron chi connectivity index (χ3n) is 2.38. The van der Waals surface area contributed by atoms with Crippen LogP contribution in [-0.2, 0) is 9.47 Å². The summed E-state index contributed by atoms with van der Waals surface area (Å²) < 4.78 is 10.5. The van der Waals surface area contributed by atoms with Crippen LogP contribution in [0.2, 0.25) is 0 Å². The number of rotatable bonds is 7. The molecule has 1 heterocycles. The molecular formula is C11H20O2. The molecule has 2 nitrogen and oxygen atoms in total. The van der Waals surface area contributed by atoms with Crippen LogP contribution in [0.3, 0.4) is 0 Å². The van der Waals surface area contributed by atoms with Gasteiger partial charge in [-0.1, -0.05) is 25.3 Å². The molecule has 13 heavy (non-hydrogen) atoms. The van der Waals surface area contributed by atoms with Gasteiger partial charge in [0.25, 0.3) is 0 Å². The van der Waals surface area contributed by atoms with Crippen molar-refractivity contribution in [2.75, 3.05) is 13.4 Å². The Morgan fingerprint density at radius 2 is 2.08 bits per heavy atom. The molecule has 0 aromatic carbocycles. The first-order valence-corrected chi connectivity index (χ1v) is 5.23. The van der Waals surface area contributed by atoms with Gasteiger partial charge in [0.1, 0.15) is 6.79 Å². The molecule has 2 heteroatoms. The molecule has 76 valence electrons. The fourth-order valence-corrected chi connectivity index (χ4v) is 1.55. The van der Waals surface area contributed by atoms with Crippen LogP contribution in [0, 0.1) is 0 Å². The summed E-state index contributed by atoms with van der Waals surface area (Å²) in [6.45, 7) is 5.00. The highest BCUT2D eigenvalue weighted by atomic mass is 16.7. The Balaban J connectivity index is 1.80. The summed E-state index contributed by atoms with van der Waals surface area (Å²) in [5.41, 5.74) is 0. The largest absolute Gasteiger partial charge is 0.353 e. The van der Waals surface area contributed by atoms with Crippen molar-refractivity contribution in [3.63, 3.8) is 0 Å². The maximum Gasteiger partial charge on any atom is 0.147 e. The lowest BCUT2D eigenvalue weighted by molar-refractivity contribution is 0.0440. The summed E-state index contributed by atoms with van der Waals surface area (Å²) in [7, 11) is 0. The minimum Gasteiger partial charge on any atom is -0.353 e. The predicted octanol–water partition coefficient (Wildman–Crippen LogP) is 2.89. The average molecular weight is 184 g/mol. The fraction of sp³-hybridized carbons (Fsp3) is 0.818. The minimum atomic E-state index is 0.374. The Kier molecular flexibility index (Phi) is 5.87. The van der Waals surface area contributed by atoms with Crippen LogP contribution in [0.15, 0.2) is 12.7 Å². The van der Waals surface area contributed by atoms with E-state index >= 15 is 0 Å². The van der Waals surface area contributed by atoms with Crippen molar-refractivity contribution in [2.45, 2.75) is 44.6 Å². The maximum absolute atomic E-state index is 5.34. The molecule has 0 saturated carbocycles. The van der Waals surface area contributed by atoms with Crippen molar-refractivity contribution in [2.24, 2.45) is 0 Å². The molecule has 1 saturated heterocycles. The SMILES string of the molecule is C=CCCCCCCC1COCO1. The first kappa shape index (κ1) is 10.7. The van der Waals surface area contributed by atoms with Gasteiger partial charge >= 0.3 is 0 Å². The quantitative estimate of drug-likeness (QED) is 0.447. The summed E-state index contributed by atoms with van der Waals surface area (Å²) in [6, 6.07) is 0. The Morgan fingerprint density at radius 3 is 2.77 bits per heavy atom. The first-order valence-electron chi connectivity index (χ1n) is 5.23. The van der Waals surface area contributed by atoms with Crippen LogP contribution >= 0.6 is 0 Å². The predicted molar refractivity (Wildman–Crippen MR) is 53.6 cm³/mol. The Hall–Kier alpha value is -0.340. The number of hydrogen-bond donors (Lipinski definition) is 0. The van der Waals surface area contributed by atoms with Gasteiger partial charge in [0.15, 0.2) is 0 Å². The van der Waals surface area contributed by atoms with E-state index in [9.17, 15) is 0 Å².